The molecule has 1 aliphatic rings. The monoisotopic (exact) mass is 253 g/mol. The van der Waals surface area contributed by atoms with Crippen LogP contribution < -0.4 is 11.5 Å². The van der Waals surface area contributed by atoms with Crippen molar-refractivity contribution in [3.63, 3.8) is 0 Å². The Morgan fingerprint density at radius 1 is 1.00 bits per heavy atom. The van der Waals surface area contributed by atoms with E-state index in [1.807, 2.05) is 12.1 Å². The maximum atomic E-state index is 12.5. The van der Waals surface area contributed by atoms with Crippen LogP contribution in [0, 0.1) is 0 Å². The lowest BCUT2D eigenvalue weighted by Gasteiger charge is -2.16. The molecule has 0 unspecified atom stereocenters. The van der Waals surface area contributed by atoms with Crippen LogP contribution in [0.15, 0.2) is 42.5 Å². The number of hydrogen-bond donors (Lipinski definition) is 2. The minimum absolute atomic E-state index is 0.0475. The third-order valence-corrected chi connectivity index (χ3v) is 3.43. The minimum Gasteiger partial charge on any atom is -0.399 e. The largest absolute Gasteiger partial charge is 0.399 e. The summed E-state index contributed by atoms with van der Waals surface area (Å²) in [7, 11) is 0. The van der Waals surface area contributed by atoms with Gasteiger partial charge in [0.25, 0.3) is 5.91 Å². The molecule has 96 valence electrons. The van der Waals surface area contributed by atoms with Gasteiger partial charge in [-0.1, -0.05) is 24.3 Å². The predicted octanol–water partition coefficient (Wildman–Crippen LogP) is 2.01. The van der Waals surface area contributed by atoms with Crippen LogP contribution in [0.4, 0.5) is 11.4 Å². The molecule has 19 heavy (non-hydrogen) atoms. The van der Waals surface area contributed by atoms with Crippen molar-refractivity contribution in [2.75, 3.05) is 11.5 Å². The molecule has 4 N–H and O–H groups in total. The van der Waals surface area contributed by atoms with Crippen LogP contribution in [-0.2, 0) is 13.1 Å². The molecule has 3 rings (SSSR count). The summed E-state index contributed by atoms with van der Waals surface area (Å²) in [5.41, 5.74) is 15.4. The van der Waals surface area contributed by atoms with Crippen molar-refractivity contribution in [2.24, 2.45) is 0 Å². The van der Waals surface area contributed by atoms with Gasteiger partial charge in [0.1, 0.15) is 0 Å². The Labute approximate surface area is 111 Å². The number of benzene rings is 2. The third-order valence-electron chi connectivity index (χ3n) is 3.43. The van der Waals surface area contributed by atoms with E-state index in [0.29, 0.717) is 30.0 Å². The molecule has 4 heteroatoms. The number of fused-ring (bicyclic) bond motifs is 1. The molecule has 0 atom stereocenters. The molecule has 2 aromatic rings. The van der Waals surface area contributed by atoms with E-state index in [0.717, 1.165) is 0 Å². The van der Waals surface area contributed by atoms with Gasteiger partial charge in [0.2, 0.25) is 0 Å². The van der Waals surface area contributed by atoms with Gasteiger partial charge in [-0.3, -0.25) is 4.79 Å². The van der Waals surface area contributed by atoms with Gasteiger partial charge in [-0.15, -0.1) is 0 Å². The van der Waals surface area contributed by atoms with Crippen LogP contribution in [0.2, 0.25) is 0 Å². The first kappa shape index (κ1) is 11.6. The van der Waals surface area contributed by atoms with Crippen molar-refractivity contribution in [1.29, 1.82) is 0 Å². The van der Waals surface area contributed by atoms with Gasteiger partial charge >= 0.3 is 0 Å². The minimum atomic E-state index is -0.0475. The van der Waals surface area contributed by atoms with Gasteiger partial charge in [-0.05, 0) is 29.3 Å². The molecule has 1 aliphatic heterocycles. The van der Waals surface area contributed by atoms with Crippen molar-refractivity contribution in [2.45, 2.75) is 13.1 Å². The van der Waals surface area contributed by atoms with E-state index in [4.69, 9.17) is 11.5 Å². The lowest BCUT2D eigenvalue weighted by Crippen LogP contribution is -2.26. The highest BCUT2D eigenvalue weighted by molar-refractivity contribution is 5.99. The van der Waals surface area contributed by atoms with Crippen LogP contribution >= 0.6 is 0 Å². The van der Waals surface area contributed by atoms with Crippen LogP contribution in [0.5, 0.6) is 0 Å². The van der Waals surface area contributed by atoms with Crippen molar-refractivity contribution >= 4 is 17.3 Å². The lowest BCUT2D eigenvalue weighted by molar-refractivity contribution is 0.0752. The van der Waals surface area contributed by atoms with Crippen LogP contribution in [0.3, 0.4) is 0 Å². The summed E-state index contributed by atoms with van der Waals surface area (Å²) in [6.45, 7) is 1.28. The summed E-state index contributed by atoms with van der Waals surface area (Å²) >= 11 is 0. The molecule has 0 saturated heterocycles. The highest BCUT2D eigenvalue weighted by atomic mass is 16.2. The first-order valence-electron chi connectivity index (χ1n) is 6.16. The van der Waals surface area contributed by atoms with Crippen LogP contribution in [0.1, 0.15) is 21.5 Å². The summed E-state index contributed by atoms with van der Waals surface area (Å²) < 4.78 is 0. The molecule has 0 spiro atoms. The highest BCUT2D eigenvalue weighted by Crippen LogP contribution is 2.26. The topological polar surface area (TPSA) is 72.4 Å². The van der Waals surface area contributed by atoms with Crippen molar-refractivity contribution < 1.29 is 4.79 Å². The van der Waals surface area contributed by atoms with Crippen LogP contribution in [0.25, 0.3) is 0 Å². The normalized spacial score (nSPS) is 13.4. The van der Waals surface area contributed by atoms with E-state index in [-0.39, 0.29) is 5.91 Å². The zero-order valence-corrected chi connectivity index (χ0v) is 10.5. The molecule has 1 heterocycles. The maximum Gasteiger partial charge on any atom is 0.256 e. The van der Waals surface area contributed by atoms with E-state index >= 15 is 0 Å². The molecule has 0 aromatic heterocycles. The predicted molar refractivity (Wildman–Crippen MR) is 75.3 cm³/mol. The second-order valence-electron chi connectivity index (χ2n) is 4.78. The van der Waals surface area contributed by atoms with E-state index < -0.39 is 0 Å². The fourth-order valence-corrected chi connectivity index (χ4v) is 2.42. The first-order chi connectivity index (χ1) is 9.15. The molecule has 1 amide bonds. The average molecular weight is 253 g/mol. The third kappa shape index (κ3) is 2.01. The SMILES string of the molecule is Nc1ccc(C(=O)N2Cc3ccccc3C2)c(N)c1. The summed E-state index contributed by atoms with van der Waals surface area (Å²) in [5.74, 6) is -0.0475. The lowest BCUT2D eigenvalue weighted by atomic mass is 10.1. The van der Waals surface area contributed by atoms with Gasteiger partial charge in [0, 0.05) is 24.5 Å². The fraction of sp³-hybridized carbons (Fsp3) is 0.133. The number of rotatable bonds is 1. The Morgan fingerprint density at radius 2 is 1.63 bits per heavy atom. The Bertz CT molecular complexity index is 627. The second kappa shape index (κ2) is 4.31. The van der Waals surface area contributed by atoms with Crippen molar-refractivity contribution in [3.8, 4) is 0 Å². The van der Waals surface area contributed by atoms with Gasteiger partial charge in [0.15, 0.2) is 0 Å². The van der Waals surface area contributed by atoms with Crippen LogP contribution in [-0.4, -0.2) is 10.8 Å². The second-order valence-corrected chi connectivity index (χ2v) is 4.78. The number of carbonyl (C=O) groups excluding carboxylic acids is 1. The fourth-order valence-electron chi connectivity index (χ4n) is 2.42. The number of carbonyl (C=O) groups is 1. The van der Waals surface area contributed by atoms with E-state index in [9.17, 15) is 4.79 Å². The molecule has 2 aromatic carbocycles. The van der Waals surface area contributed by atoms with E-state index in [2.05, 4.69) is 12.1 Å². The molecule has 0 saturated carbocycles. The average Bonchev–Trinajstić information content (AvgIpc) is 2.81. The Kier molecular flexibility index (Phi) is 2.63. The first-order valence-corrected chi connectivity index (χ1v) is 6.16. The summed E-state index contributed by atoms with van der Waals surface area (Å²) in [6.07, 6.45) is 0. The highest BCUT2D eigenvalue weighted by Gasteiger charge is 2.24. The molecule has 0 aliphatic carbocycles. The van der Waals surface area contributed by atoms with Gasteiger partial charge in [-0.25, -0.2) is 0 Å². The van der Waals surface area contributed by atoms with Gasteiger partial charge in [0.05, 0.1) is 5.56 Å². The Morgan fingerprint density at radius 3 is 2.21 bits per heavy atom. The quantitative estimate of drug-likeness (QED) is 0.763. The summed E-state index contributed by atoms with van der Waals surface area (Å²) in [6, 6.07) is 13.1. The number of nitrogens with zero attached hydrogens (tertiary/aromatic N) is 1. The van der Waals surface area contributed by atoms with E-state index in [1.54, 1.807) is 23.1 Å². The zero-order chi connectivity index (χ0) is 13.4. The smallest absolute Gasteiger partial charge is 0.256 e. The number of anilines is 2. The maximum absolute atomic E-state index is 12.5. The zero-order valence-electron chi connectivity index (χ0n) is 10.5. The Balaban J connectivity index is 1.87. The number of nitrogen functional groups attached to an aromatic ring is 2. The molecule has 0 bridgehead atoms. The summed E-state index contributed by atoms with van der Waals surface area (Å²) in [5, 5.41) is 0. The number of nitrogens with two attached hydrogens (primary N) is 2. The molecular formula is C15H15N3O. The molecule has 4 nitrogen and oxygen atoms in total. The number of hydrogen-bond acceptors (Lipinski definition) is 3. The summed E-state index contributed by atoms with van der Waals surface area (Å²) in [4.78, 5) is 14.3. The molecule has 0 fully saturated rings. The Hall–Kier alpha value is -2.49. The van der Waals surface area contributed by atoms with Gasteiger partial charge in [-0.2, -0.15) is 0 Å². The van der Waals surface area contributed by atoms with Crippen molar-refractivity contribution in [1.82, 2.24) is 4.90 Å². The number of amides is 1. The molecular weight excluding hydrogens is 238 g/mol. The van der Waals surface area contributed by atoms with Crippen molar-refractivity contribution in [3.05, 3.63) is 59.2 Å². The molecule has 0 radical (unpaired) electrons. The van der Waals surface area contributed by atoms with E-state index in [1.165, 1.54) is 11.1 Å². The standard InChI is InChI=1S/C15H15N3O/c16-12-5-6-13(14(17)7-12)15(19)18-8-10-3-1-2-4-11(10)9-18/h1-7H,8-9,16-17H2. The van der Waals surface area contributed by atoms with Gasteiger partial charge < -0.3 is 16.4 Å².